The topological polar surface area (TPSA) is 80.8 Å². The number of thiophene rings is 1. The fraction of sp³-hybridized carbons (Fsp3) is 0.543. The summed E-state index contributed by atoms with van der Waals surface area (Å²) in [6, 6.07) is 12.6. The van der Waals surface area contributed by atoms with E-state index in [1.54, 1.807) is 23.2 Å². The minimum Gasteiger partial charge on any atom is -0.466 e. The summed E-state index contributed by atoms with van der Waals surface area (Å²) in [6.07, 6.45) is 7.15. The molecule has 0 radical (unpaired) electrons. The minimum atomic E-state index is -0.513. The van der Waals surface area contributed by atoms with Gasteiger partial charge in [0.2, 0.25) is 5.91 Å². The number of hydrogen-bond donors (Lipinski definition) is 0. The number of likely N-dealkylation sites (N-methyl/N-ethyl adjacent to an activating group) is 1. The van der Waals surface area contributed by atoms with Crippen molar-refractivity contribution in [3.63, 3.8) is 0 Å². The lowest BCUT2D eigenvalue weighted by molar-refractivity contribution is -0.144. The van der Waals surface area contributed by atoms with Crippen LogP contribution in [0.4, 0.5) is 0 Å². The number of carbonyl (C=O) groups is 4. The highest BCUT2D eigenvalue weighted by Crippen LogP contribution is 2.35. The van der Waals surface area contributed by atoms with Crippen LogP contribution < -0.4 is 0 Å². The monoisotopic (exact) mass is 591 g/mol. The number of ether oxygens (including phenoxy) is 1. The summed E-state index contributed by atoms with van der Waals surface area (Å²) in [4.78, 5) is 55.4. The molecule has 0 saturated carbocycles. The lowest BCUT2D eigenvalue weighted by Gasteiger charge is -2.27. The van der Waals surface area contributed by atoms with E-state index >= 15 is 0 Å². The van der Waals surface area contributed by atoms with Gasteiger partial charge in [0, 0.05) is 43.0 Å². The van der Waals surface area contributed by atoms with Crippen LogP contribution in [0.5, 0.6) is 0 Å². The Morgan fingerprint density at radius 1 is 1.05 bits per heavy atom. The van der Waals surface area contributed by atoms with Crippen LogP contribution >= 0.6 is 11.3 Å². The van der Waals surface area contributed by atoms with Gasteiger partial charge in [0.05, 0.1) is 13.2 Å². The van der Waals surface area contributed by atoms with Gasteiger partial charge in [0.25, 0.3) is 0 Å². The van der Waals surface area contributed by atoms with Gasteiger partial charge in [-0.05, 0) is 91.9 Å². The van der Waals surface area contributed by atoms with Gasteiger partial charge in [0.15, 0.2) is 5.78 Å². The summed E-state index contributed by atoms with van der Waals surface area (Å²) in [5, 5.41) is 2.03. The van der Waals surface area contributed by atoms with Crippen LogP contribution in [0.25, 0.3) is 5.57 Å². The Morgan fingerprint density at radius 2 is 1.86 bits per heavy atom. The molecule has 4 atom stereocenters. The third kappa shape index (κ3) is 8.73. The van der Waals surface area contributed by atoms with E-state index in [1.165, 1.54) is 21.6 Å². The van der Waals surface area contributed by atoms with Crippen LogP contribution in [0.1, 0.15) is 81.7 Å². The second kappa shape index (κ2) is 15.4. The van der Waals surface area contributed by atoms with Crippen LogP contribution in [0.15, 0.2) is 47.9 Å². The van der Waals surface area contributed by atoms with Crippen molar-refractivity contribution >= 4 is 40.4 Å². The van der Waals surface area contributed by atoms with Crippen molar-refractivity contribution in [2.75, 3.05) is 19.7 Å². The van der Waals surface area contributed by atoms with Crippen molar-refractivity contribution in [2.24, 2.45) is 23.7 Å². The molecule has 1 fully saturated rings. The summed E-state index contributed by atoms with van der Waals surface area (Å²) < 4.78 is 5.27. The fourth-order valence-corrected chi connectivity index (χ4v) is 7.37. The smallest absolute Gasteiger partial charge is 0.306 e. The van der Waals surface area contributed by atoms with Crippen molar-refractivity contribution < 1.29 is 23.9 Å². The molecule has 2 aromatic rings. The maximum atomic E-state index is 13.7. The first-order valence-electron chi connectivity index (χ1n) is 15.6. The molecule has 226 valence electrons. The summed E-state index contributed by atoms with van der Waals surface area (Å²) in [6.45, 7) is 6.77. The zero-order valence-electron chi connectivity index (χ0n) is 25.3. The Balaban J connectivity index is 1.47. The summed E-state index contributed by atoms with van der Waals surface area (Å²) >= 11 is 1.67. The average molecular weight is 592 g/mol. The molecule has 6 nitrogen and oxygen atoms in total. The summed E-state index contributed by atoms with van der Waals surface area (Å²) in [5.41, 5.74) is 3.88. The number of esters is 1. The van der Waals surface area contributed by atoms with Gasteiger partial charge in [0.1, 0.15) is 5.78 Å². The predicted octanol–water partition coefficient (Wildman–Crippen LogP) is 6.71. The molecular weight excluding hydrogens is 546 g/mol. The third-order valence-electron chi connectivity index (χ3n) is 8.72. The Bertz CT molecular complexity index is 1270. The number of ketones is 2. The molecule has 42 heavy (non-hydrogen) atoms. The molecule has 2 heterocycles. The molecule has 1 aromatic heterocycles. The van der Waals surface area contributed by atoms with E-state index in [4.69, 9.17) is 4.74 Å². The Kier molecular flexibility index (Phi) is 11.7. The molecule has 1 aliphatic heterocycles. The average Bonchev–Trinajstić information content (AvgIpc) is 3.45. The Labute approximate surface area is 254 Å². The maximum Gasteiger partial charge on any atom is 0.306 e. The first kappa shape index (κ1) is 31.9. The first-order chi connectivity index (χ1) is 20.3. The van der Waals surface area contributed by atoms with Gasteiger partial charge in [-0.2, -0.15) is 0 Å². The van der Waals surface area contributed by atoms with Gasteiger partial charge < -0.3 is 9.64 Å². The number of aryl methyl sites for hydroxylation is 1. The van der Waals surface area contributed by atoms with Crippen molar-refractivity contribution in [2.45, 2.75) is 78.6 Å². The molecule has 4 rings (SSSR count). The van der Waals surface area contributed by atoms with E-state index in [-0.39, 0.29) is 61.1 Å². The largest absolute Gasteiger partial charge is 0.466 e. The number of rotatable bonds is 14. The maximum absolute atomic E-state index is 13.7. The van der Waals surface area contributed by atoms with Crippen LogP contribution in [0, 0.1) is 23.7 Å². The number of Topliss-reactive ketones (excluding diaryl/α,β-unsaturated/α-hetero) is 2. The minimum absolute atomic E-state index is 0.0134. The van der Waals surface area contributed by atoms with E-state index in [0.29, 0.717) is 38.3 Å². The van der Waals surface area contributed by atoms with Crippen LogP contribution in [-0.4, -0.2) is 48.0 Å². The summed E-state index contributed by atoms with van der Waals surface area (Å²) in [7, 11) is 0. The van der Waals surface area contributed by atoms with E-state index in [9.17, 15) is 19.2 Å². The van der Waals surface area contributed by atoms with Gasteiger partial charge in [-0.15, -0.1) is 11.3 Å². The van der Waals surface area contributed by atoms with Crippen LogP contribution in [0.3, 0.4) is 0 Å². The van der Waals surface area contributed by atoms with Crippen molar-refractivity contribution in [1.82, 2.24) is 4.90 Å². The second-order valence-electron chi connectivity index (χ2n) is 12.0. The number of hydrogen-bond acceptors (Lipinski definition) is 6. The molecule has 4 unspecified atom stereocenters. The van der Waals surface area contributed by atoms with Crippen LogP contribution in [0.2, 0.25) is 0 Å². The highest BCUT2D eigenvalue weighted by molar-refractivity contribution is 7.09. The zero-order chi connectivity index (χ0) is 30.1. The SMILES string of the molecule is CCOC(=O)CC(CCC1=CC(C)Cc2ccccc21)CC(=O)CC1C(=O)N(CC)CC(=O)CC1CCc1cccs1. The van der Waals surface area contributed by atoms with E-state index in [1.807, 2.05) is 18.4 Å². The predicted molar refractivity (Wildman–Crippen MR) is 167 cm³/mol. The van der Waals surface area contributed by atoms with Gasteiger partial charge >= 0.3 is 5.97 Å². The number of amides is 1. The second-order valence-corrected chi connectivity index (χ2v) is 13.0. The molecule has 0 spiro atoms. The standard InChI is InChI=1S/C35H45NO5S/c1-4-36-23-30(38)21-28(14-15-31-10-8-16-42-31)33(35(36)40)22-29(37)19-25(20-34(39)41-5-2)12-13-27-18-24(3)17-26-9-6-7-11-32(26)27/h6-11,16,18,24-25,28,33H,4-5,12-15,17,19-23H2,1-3H3. The highest BCUT2D eigenvalue weighted by Gasteiger charge is 2.38. The van der Waals surface area contributed by atoms with Crippen molar-refractivity contribution in [1.29, 1.82) is 0 Å². The highest BCUT2D eigenvalue weighted by atomic mass is 32.1. The molecular formula is C35H45NO5S. The van der Waals surface area contributed by atoms with Crippen molar-refractivity contribution in [3.8, 4) is 0 Å². The molecule has 0 bridgehead atoms. The number of likely N-dealkylation sites (tertiary alicyclic amines) is 1. The number of carbonyl (C=O) groups excluding carboxylic acids is 4. The lowest BCUT2D eigenvalue weighted by atomic mass is 9.79. The number of fused-ring (bicyclic) bond motifs is 1. The zero-order valence-corrected chi connectivity index (χ0v) is 26.1. The first-order valence-corrected chi connectivity index (χ1v) is 16.4. The van der Waals surface area contributed by atoms with E-state index < -0.39 is 5.92 Å². The quantitative estimate of drug-likeness (QED) is 0.228. The fourth-order valence-electron chi connectivity index (χ4n) is 6.64. The number of allylic oxidation sites excluding steroid dienone is 2. The lowest BCUT2D eigenvalue weighted by Crippen LogP contribution is -2.39. The van der Waals surface area contributed by atoms with Gasteiger partial charge in [-0.1, -0.05) is 43.3 Å². The van der Waals surface area contributed by atoms with Gasteiger partial charge in [-0.3, -0.25) is 19.2 Å². The number of benzene rings is 1. The third-order valence-corrected chi connectivity index (χ3v) is 9.65. The molecule has 0 N–H and O–H groups in total. The van der Waals surface area contributed by atoms with E-state index in [0.717, 1.165) is 19.3 Å². The molecule has 1 amide bonds. The molecule has 2 aliphatic rings. The summed E-state index contributed by atoms with van der Waals surface area (Å²) in [5.74, 6) is -0.737. The molecule has 7 heteroatoms. The van der Waals surface area contributed by atoms with Gasteiger partial charge in [-0.25, -0.2) is 0 Å². The van der Waals surface area contributed by atoms with E-state index in [2.05, 4.69) is 43.3 Å². The molecule has 1 aromatic carbocycles. The number of nitrogens with zero attached hydrogens (tertiary/aromatic N) is 1. The Hall–Kier alpha value is -3.06. The molecule has 1 aliphatic carbocycles. The van der Waals surface area contributed by atoms with Crippen LogP contribution in [-0.2, 0) is 36.8 Å². The normalized spacial score (nSPS) is 21.4. The Morgan fingerprint density at radius 3 is 2.60 bits per heavy atom. The van der Waals surface area contributed by atoms with Crippen molar-refractivity contribution in [3.05, 3.63) is 63.9 Å². The molecule has 1 saturated heterocycles.